The highest BCUT2D eigenvalue weighted by molar-refractivity contribution is 5.92. The van der Waals surface area contributed by atoms with Gasteiger partial charge in [0.1, 0.15) is 0 Å². The van der Waals surface area contributed by atoms with Crippen LogP contribution in [0.5, 0.6) is 0 Å². The van der Waals surface area contributed by atoms with Crippen LogP contribution in [0.25, 0.3) is 0 Å². The molecule has 15 heavy (non-hydrogen) atoms. The molecule has 1 amide bonds. The molecular weight excluding hydrogens is 190 g/mol. The molecule has 0 aromatic rings. The van der Waals surface area contributed by atoms with Crippen molar-refractivity contribution >= 4 is 11.7 Å². The summed E-state index contributed by atoms with van der Waals surface area (Å²) in [5.74, 6) is 0.170. The third-order valence-corrected chi connectivity index (χ3v) is 2.53. The summed E-state index contributed by atoms with van der Waals surface area (Å²) in [7, 11) is 0. The molecule has 1 heterocycles. The Hall–Kier alpha value is -1.12. The van der Waals surface area contributed by atoms with E-state index in [2.05, 4.69) is 12.2 Å². The lowest BCUT2D eigenvalue weighted by molar-refractivity contribution is -0.118. The lowest BCUT2D eigenvalue weighted by atomic mass is 10.1. The Balaban J connectivity index is 2.20. The summed E-state index contributed by atoms with van der Waals surface area (Å²) in [5.41, 5.74) is 0.792. The van der Waals surface area contributed by atoms with Crippen molar-refractivity contribution < 1.29 is 9.59 Å². The van der Waals surface area contributed by atoms with Gasteiger partial charge in [-0.05, 0) is 12.8 Å². The van der Waals surface area contributed by atoms with Crippen LogP contribution in [0.15, 0.2) is 11.8 Å². The Bertz CT molecular complexity index is 269. The molecule has 0 aromatic carbocycles. The quantitative estimate of drug-likeness (QED) is 0.539. The molecule has 0 spiro atoms. The van der Waals surface area contributed by atoms with E-state index in [0.717, 1.165) is 18.5 Å². The highest BCUT2D eigenvalue weighted by Crippen LogP contribution is 2.11. The van der Waals surface area contributed by atoms with Crippen LogP contribution in [0.1, 0.15) is 51.9 Å². The second-order valence-electron chi connectivity index (χ2n) is 3.99. The third kappa shape index (κ3) is 4.77. The molecule has 1 aliphatic heterocycles. The minimum absolute atomic E-state index is 0.0278. The number of unbranched alkanes of at least 4 members (excludes halogenated alkanes) is 3. The topological polar surface area (TPSA) is 46.2 Å². The summed E-state index contributed by atoms with van der Waals surface area (Å²) in [4.78, 5) is 22.3. The maximum atomic E-state index is 11.4. The summed E-state index contributed by atoms with van der Waals surface area (Å²) in [6, 6.07) is 0. The highest BCUT2D eigenvalue weighted by atomic mass is 16.2. The smallest absolute Gasteiger partial charge is 0.224 e. The van der Waals surface area contributed by atoms with Gasteiger partial charge < -0.3 is 5.32 Å². The fraction of sp³-hybridized carbons (Fsp3) is 0.667. The van der Waals surface area contributed by atoms with Crippen molar-refractivity contribution in [2.45, 2.75) is 51.9 Å². The minimum atomic E-state index is 0.0278. The first-order valence-electron chi connectivity index (χ1n) is 5.75. The molecule has 1 N–H and O–H groups in total. The van der Waals surface area contributed by atoms with Gasteiger partial charge >= 0.3 is 0 Å². The normalized spacial score (nSPS) is 18.2. The molecule has 3 heteroatoms. The molecular formula is C12H19NO2. The lowest BCUT2D eigenvalue weighted by Crippen LogP contribution is -2.12. The molecule has 1 rings (SSSR count). The van der Waals surface area contributed by atoms with Gasteiger partial charge in [-0.15, -0.1) is 0 Å². The van der Waals surface area contributed by atoms with E-state index in [9.17, 15) is 9.59 Å². The maximum Gasteiger partial charge on any atom is 0.224 e. The Kier molecular flexibility index (Phi) is 5.08. The molecule has 0 radical (unpaired) electrons. The Morgan fingerprint density at radius 3 is 2.73 bits per heavy atom. The van der Waals surface area contributed by atoms with Gasteiger partial charge in [-0.1, -0.05) is 26.2 Å². The van der Waals surface area contributed by atoms with Crippen LogP contribution in [0.4, 0.5) is 0 Å². The predicted octanol–water partition coefficient (Wildman–Crippen LogP) is 2.32. The number of carbonyl (C=O) groups is 2. The van der Waals surface area contributed by atoms with Gasteiger partial charge in [0.25, 0.3) is 0 Å². The van der Waals surface area contributed by atoms with Crippen molar-refractivity contribution in [3.8, 4) is 0 Å². The summed E-state index contributed by atoms with van der Waals surface area (Å²) in [6.07, 6.45) is 7.89. The maximum absolute atomic E-state index is 11.4. The zero-order valence-electron chi connectivity index (χ0n) is 9.34. The molecule has 1 aliphatic rings. The van der Waals surface area contributed by atoms with Gasteiger partial charge in [0, 0.05) is 24.6 Å². The fourth-order valence-corrected chi connectivity index (χ4v) is 1.65. The first-order chi connectivity index (χ1) is 7.22. The van der Waals surface area contributed by atoms with E-state index in [1.807, 2.05) is 0 Å². The van der Waals surface area contributed by atoms with Crippen LogP contribution in [-0.4, -0.2) is 11.7 Å². The van der Waals surface area contributed by atoms with Gasteiger partial charge in [0.15, 0.2) is 5.78 Å². The molecule has 3 nitrogen and oxygen atoms in total. The lowest BCUT2D eigenvalue weighted by Gasteiger charge is -1.98. The zero-order valence-corrected chi connectivity index (χ0v) is 9.34. The van der Waals surface area contributed by atoms with E-state index in [1.54, 1.807) is 6.08 Å². The van der Waals surface area contributed by atoms with Crippen LogP contribution >= 0.6 is 0 Å². The van der Waals surface area contributed by atoms with Crippen LogP contribution in [0, 0.1) is 0 Å². The van der Waals surface area contributed by atoms with E-state index in [-0.39, 0.29) is 11.7 Å². The van der Waals surface area contributed by atoms with E-state index in [0.29, 0.717) is 19.3 Å². The zero-order chi connectivity index (χ0) is 11.1. The minimum Gasteiger partial charge on any atom is -0.330 e. The molecule has 1 saturated heterocycles. The number of nitrogens with one attached hydrogen (secondary N) is 1. The van der Waals surface area contributed by atoms with Crippen molar-refractivity contribution in [3.05, 3.63) is 11.8 Å². The summed E-state index contributed by atoms with van der Waals surface area (Å²) >= 11 is 0. The number of carbonyl (C=O) groups excluding carboxylic acids is 2. The number of amides is 1. The van der Waals surface area contributed by atoms with E-state index in [1.165, 1.54) is 12.8 Å². The van der Waals surface area contributed by atoms with E-state index < -0.39 is 0 Å². The monoisotopic (exact) mass is 209 g/mol. The Labute approximate surface area is 90.9 Å². The van der Waals surface area contributed by atoms with Gasteiger partial charge in [-0.3, -0.25) is 9.59 Å². The van der Waals surface area contributed by atoms with Crippen molar-refractivity contribution in [2.24, 2.45) is 0 Å². The van der Waals surface area contributed by atoms with Crippen LogP contribution < -0.4 is 5.32 Å². The third-order valence-electron chi connectivity index (χ3n) is 2.53. The van der Waals surface area contributed by atoms with E-state index in [4.69, 9.17) is 0 Å². The Morgan fingerprint density at radius 1 is 1.33 bits per heavy atom. The summed E-state index contributed by atoms with van der Waals surface area (Å²) in [6.45, 7) is 2.15. The highest BCUT2D eigenvalue weighted by Gasteiger charge is 2.14. The number of allylic oxidation sites excluding steroid dienone is 2. The van der Waals surface area contributed by atoms with Gasteiger partial charge in [-0.25, -0.2) is 0 Å². The van der Waals surface area contributed by atoms with Crippen molar-refractivity contribution in [1.29, 1.82) is 0 Å². The first-order valence-corrected chi connectivity index (χ1v) is 5.75. The molecule has 84 valence electrons. The van der Waals surface area contributed by atoms with Gasteiger partial charge in [0.2, 0.25) is 5.91 Å². The molecule has 0 bridgehead atoms. The summed E-state index contributed by atoms with van der Waals surface area (Å²) < 4.78 is 0. The first kappa shape index (κ1) is 12.0. The molecule has 0 aromatic heterocycles. The molecule has 0 aliphatic carbocycles. The number of ketones is 1. The van der Waals surface area contributed by atoms with Crippen molar-refractivity contribution in [1.82, 2.24) is 5.32 Å². The second kappa shape index (κ2) is 6.38. The average Bonchev–Trinajstić information content (AvgIpc) is 2.59. The second-order valence-corrected chi connectivity index (χ2v) is 3.99. The van der Waals surface area contributed by atoms with E-state index >= 15 is 0 Å². The van der Waals surface area contributed by atoms with Crippen LogP contribution in [-0.2, 0) is 9.59 Å². The molecule has 1 fully saturated rings. The SMILES string of the molecule is CCCCCCC(=O)/C=C1/CCC(=O)N1. The summed E-state index contributed by atoms with van der Waals surface area (Å²) in [5, 5.41) is 2.69. The largest absolute Gasteiger partial charge is 0.330 e. The fourth-order valence-electron chi connectivity index (χ4n) is 1.65. The average molecular weight is 209 g/mol. The number of hydrogen-bond donors (Lipinski definition) is 1. The predicted molar refractivity (Wildman–Crippen MR) is 59.2 cm³/mol. The molecule has 0 atom stereocenters. The van der Waals surface area contributed by atoms with Gasteiger partial charge in [-0.2, -0.15) is 0 Å². The molecule has 0 saturated carbocycles. The van der Waals surface area contributed by atoms with Crippen LogP contribution in [0.2, 0.25) is 0 Å². The number of hydrogen-bond acceptors (Lipinski definition) is 2. The van der Waals surface area contributed by atoms with Crippen LogP contribution in [0.3, 0.4) is 0 Å². The number of rotatable bonds is 6. The van der Waals surface area contributed by atoms with Gasteiger partial charge in [0.05, 0.1) is 0 Å². The van der Waals surface area contributed by atoms with Crippen molar-refractivity contribution in [2.75, 3.05) is 0 Å². The van der Waals surface area contributed by atoms with Crippen molar-refractivity contribution in [3.63, 3.8) is 0 Å². The molecule has 0 unspecified atom stereocenters. The Morgan fingerprint density at radius 2 is 2.13 bits per heavy atom. The standard InChI is InChI=1S/C12H19NO2/c1-2-3-4-5-6-11(14)9-10-7-8-12(15)13-10/h9H,2-8H2,1H3,(H,13,15)/b10-9-.